The molecule has 0 spiro atoms. The molecule has 0 amide bonds. The number of hydrogen-bond acceptors (Lipinski definition) is 7. The number of rotatable bonds is 6. The van der Waals surface area contributed by atoms with Crippen molar-refractivity contribution in [2.75, 3.05) is 17.6 Å². The molecule has 0 saturated carbocycles. The van der Waals surface area contributed by atoms with Crippen molar-refractivity contribution in [3.8, 4) is 11.8 Å². The third-order valence-corrected chi connectivity index (χ3v) is 3.34. The van der Waals surface area contributed by atoms with Crippen LogP contribution in [-0.4, -0.2) is 36.9 Å². The number of aromatic amines is 1. The van der Waals surface area contributed by atoms with E-state index in [2.05, 4.69) is 37.1 Å². The molecule has 0 aliphatic heterocycles. The molecule has 0 unspecified atom stereocenters. The number of nitrogens with two attached hydrogens (primary N) is 1. The molecule has 9 heteroatoms. The van der Waals surface area contributed by atoms with Crippen LogP contribution in [0.1, 0.15) is 17.7 Å². The lowest BCUT2D eigenvalue weighted by Crippen LogP contribution is -2.09. The van der Waals surface area contributed by atoms with Crippen molar-refractivity contribution in [3.63, 3.8) is 0 Å². The van der Waals surface area contributed by atoms with Crippen molar-refractivity contribution in [2.24, 2.45) is 0 Å². The smallest absolute Gasteiger partial charge is 0.247 e. The summed E-state index contributed by atoms with van der Waals surface area (Å²) in [5.74, 6) is 0.810. The number of nitrogens with zero attached hydrogens (tertiary/aromatic N) is 6. The van der Waals surface area contributed by atoms with Gasteiger partial charge in [-0.25, -0.2) is 0 Å². The first-order valence-corrected chi connectivity index (χ1v) is 7.10. The third-order valence-electron chi connectivity index (χ3n) is 3.34. The van der Waals surface area contributed by atoms with E-state index in [0.29, 0.717) is 24.5 Å². The second-order valence-corrected chi connectivity index (χ2v) is 4.85. The second kappa shape index (κ2) is 6.57. The number of aromatic nitrogens is 6. The molecule has 3 aromatic rings. The minimum absolute atomic E-state index is 0.239. The van der Waals surface area contributed by atoms with Crippen molar-refractivity contribution in [1.29, 1.82) is 5.26 Å². The number of benzene rings is 1. The molecule has 0 atom stereocenters. The largest absolute Gasteiger partial charge is 0.381 e. The Morgan fingerprint density at radius 1 is 1.30 bits per heavy atom. The van der Waals surface area contributed by atoms with Crippen LogP contribution in [0, 0.1) is 11.3 Å². The molecule has 0 radical (unpaired) electrons. The first kappa shape index (κ1) is 14.5. The molecule has 4 N–H and O–H groups in total. The van der Waals surface area contributed by atoms with E-state index < -0.39 is 0 Å². The quantitative estimate of drug-likeness (QED) is 0.575. The summed E-state index contributed by atoms with van der Waals surface area (Å²) in [5, 5.41) is 30.5. The van der Waals surface area contributed by atoms with Crippen LogP contribution < -0.4 is 11.1 Å². The summed E-state index contributed by atoms with van der Waals surface area (Å²) < 4.78 is 1.63. The van der Waals surface area contributed by atoms with E-state index in [1.807, 2.05) is 30.3 Å². The molecule has 0 aliphatic carbocycles. The van der Waals surface area contributed by atoms with Crippen LogP contribution in [0.3, 0.4) is 0 Å². The number of nitrogen functional groups attached to an aromatic ring is 1. The summed E-state index contributed by atoms with van der Waals surface area (Å²) in [6.45, 7) is 0.650. The lowest BCUT2D eigenvalue weighted by molar-refractivity contribution is 0.782. The fourth-order valence-corrected chi connectivity index (χ4v) is 2.21. The second-order valence-electron chi connectivity index (χ2n) is 4.85. The van der Waals surface area contributed by atoms with Crippen LogP contribution >= 0.6 is 0 Å². The number of hydrogen-bond donors (Lipinski definition) is 3. The maximum atomic E-state index is 9.02. The number of nitriles is 1. The molecule has 0 bridgehead atoms. The number of tetrazole rings is 1. The van der Waals surface area contributed by atoms with Gasteiger partial charge >= 0.3 is 0 Å². The van der Waals surface area contributed by atoms with Gasteiger partial charge in [-0.3, -0.25) is 5.10 Å². The lowest BCUT2D eigenvalue weighted by atomic mass is 10.1. The average Bonchev–Trinajstić information content (AvgIpc) is 3.19. The number of aryl methyl sites for hydroxylation is 1. The Bertz CT molecular complexity index is 812. The van der Waals surface area contributed by atoms with Crippen molar-refractivity contribution in [3.05, 3.63) is 41.6 Å². The molecule has 3 rings (SSSR count). The molecule has 2 aromatic heterocycles. The fraction of sp³-hybridized carbons (Fsp3) is 0.214. The maximum absolute atomic E-state index is 9.02. The highest BCUT2D eigenvalue weighted by atomic mass is 15.6. The first-order valence-electron chi connectivity index (χ1n) is 7.10. The zero-order valence-electron chi connectivity index (χ0n) is 12.3. The molecule has 0 aliphatic rings. The van der Waals surface area contributed by atoms with Gasteiger partial charge in [-0.2, -0.15) is 15.0 Å². The molecule has 0 fully saturated rings. The van der Waals surface area contributed by atoms with Crippen molar-refractivity contribution in [1.82, 2.24) is 30.4 Å². The highest BCUT2D eigenvalue weighted by molar-refractivity contribution is 5.50. The van der Waals surface area contributed by atoms with Crippen LogP contribution in [0.2, 0.25) is 0 Å². The highest BCUT2D eigenvalue weighted by Crippen LogP contribution is 2.14. The molecule has 1 aromatic carbocycles. The van der Waals surface area contributed by atoms with Gasteiger partial charge in [-0.05, 0) is 35.4 Å². The van der Waals surface area contributed by atoms with Crippen LogP contribution in [-0.2, 0) is 6.42 Å². The predicted molar refractivity (Wildman–Crippen MR) is 83.7 cm³/mol. The van der Waals surface area contributed by atoms with E-state index in [-0.39, 0.29) is 5.82 Å². The molecular formula is C14H15N9. The number of H-pyrrole nitrogens is 1. The lowest BCUT2D eigenvalue weighted by Gasteiger charge is -2.06. The van der Waals surface area contributed by atoms with E-state index in [1.165, 1.54) is 0 Å². The summed E-state index contributed by atoms with van der Waals surface area (Å²) in [7, 11) is 0. The van der Waals surface area contributed by atoms with Gasteiger partial charge < -0.3 is 11.1 Å². The Labute approximate surface area is 132 Å². The molecule has 9 nitrogen and oxygen atoms in total. The first-order chi connectivity index (χ1) is 11.3. The van der Waals surface area contributed by atoms with Crippen LogP contribution in [0.15, 0.2) is 30.3 Å². The fourth-order valence-electron chi connectivity index (χ4n) is 2.21. The van der Waals surface area contributed by atoms with Crippen LogP contribution in [0.5, 0.6) is 0 Å². The minimum Gasteiger partial charge on any atom is -0.381 e. The Hall–Kier alpha value is -3.41. The molecule has 23 heavy (non-hydrogen) atoms. The van der Waals surface area contributed by atoms with E-state index in [9.17, 15) is 0 Å². The zero-order valence-corrected chi connectivity index (χ0v) is 12.3. The highest BCUT2D eigenvalue weighted by Gasteiger charge is 2.10. The van der Waals surface area contributed by atoms with Gasteiger partial charge in [0.15, 0.2) is 5.82 Å². The number of anilines is 2. The Morgan fingerprint density at radius 2 is 2.13 bits per heavy atom. The van der Waals surface area contributed by atoms with E-state index in [1.54, 1.807) is 4.68 Å². The Kier molecular flexibility index (Phi) is 4.15. The summed E-state index contributed by atoms with van der Waals surface area (Å²) >= 11 is 0. The molecule has 0 saturated heterocycles. The van der Waals surface area contributed by atoms with Gasteiger partial charge in [0.25, 0.3) is 0 Å². The van der Waals surface area contributed by atoms with Crippen molar-refractivity contribution in [2.45, 2.75) is 12.8 Å². The summed E-state index contributed by atoms with van der Waals surface area (Å²) in [6.07, 6.45) is 1.44. The predicted octanol–water partition coefficient (Wildman–Crippen LogP) is 0.884. The Balaban J connectivity index is 1.58. The number of nitrogens with one attached hydrogen (secondary N) is 2. The van der Waals surface area contributed by atoms with Gasteiger partial charge in [0.05, 0.1) is 11.4 Å². The summed E-state index contributed by atoms with van der Waals surface area (Å²) in [4.78, 5) is 0. The average molecular weight is 309 g/mol. The Morgan fingerprint density at radius 3 is 2.91 bits per heavy atom. The normalized spacial score (nSPS) is 10.4. The standard InChI is InChI=1S/C14H15N9/c15-9-11-12(18-19-13(11)16)7-4-8-17-14-20-21-22-23(14)10-5-2-1-3-6-10/h1-3,5-6H,4,7-8H2,(H3,16,18,19)(H,17,20,22). The van der Waals surface area contributed by atoms with Crippen molar-refractivity contribution >= 4 is 11.8 Å². The van der Waals surface area contributed by atoms with Gasteiger partial charge in [0.1, 0.15) is 11.6 Å². The molecule has 2 heterocycles. The van der Waals surface area contributed by atoms with Gasteiger partial charge in [0.2, 0.25) is 5.95 Å². The number of para-hydroxylation sites is 1. The minimum atomic E-state index is 0.239. The summed E-state index contributed by atoms with van der Waals surface area (Å²) in [5.41, 5.74) is 7.65. The van der Waals surface area contributed by atoms with Crippen LogP contribution in [0.4, 0.5) is 11.8 Å². The zero-order chi connectivity index (χ0) is 16.1. The van der Waals surface area contributed by atoms with E-state index >= 15 is 0 Å². The monoisotopic (exact) mass is 309 g/mol. The maximum Gasteiger partial charge on any atom is 0.247 e. The van der Waals surface area contributed by atoms with E-state index in [0.717, 1.165) is 17.8 Å². The van der Waals surface area contributed by atoms with Gasteiger partial charge in [0, 0.05) is 6.54 Å². The SMILES string of the molecule is N#Cc1c(N)n[nH]c1CCCNc1nnnn1-c1ccccc1. The topological polar surface area (TPSA) is 134 Å². The third kappa shape index (κ3) is 3.11. The van der Waals surface area contributed by atoms with E-state index in [4.69, 9.17) is 11.0 Å². The molecular weight excluding hydrogens is 294 g/mol. The molecule has 116 valence electrons. The van der Waals surface area contributed by atoms with Gasteiger partial charge in [-0.15, -0.1) is 0 Å². The summed E-state index contributed by atoms with van der Waals surface area (Å²) in [6, 6.07) is 11.7. The van der Waals surface area contributed by atoms with Crippen LogP contribution in [0.25, 0.3) is 5.69 Å². The van der Waals surface area contributed by atoms with Gasteiger partial charge in [-0.1, -0.05) is 23.3 Å². The van der Waals surface area contributed by atoms with Crippen molar-refractivity contribution < 1.29 is 0 Å².